The molecule has 1 saturated heterocycles. The smallest absolute Gasteiger partial charge is 0.251 e. The van der Waals surface area contributed by atoms with Crippen LogP contribution in [0.4, 0.5) is 5.82 Å². The summed E-state index contributed by atoms with van der Waals surface area (Å²) in [6.45, 7) is 7.15. The molecule has 1 amide bonds. The highest BCUT2D eigenvalue weighted by atomic mass is 16.5. The van der Waals surface area contributed by atoms with Gasteiger partial charge in [-0.05, 0) is 19.9 Å². The van der Waals surface area contributed by atoms with Crippen molar-refractivity contribution < 1.29 is 9.53 Å². The minimum atomic E-state index is -0.375. The van der Waals surface area contributed by atoms with E-state index in [0.717, 1.165) is 30.3 Å². The Hall–Kier alpha value is -2.47. The van der Waals surface area contributed by atoms with E-state index < -0.39 is 0 Å². The minimum absolute atomic E-state index is 0.0640. The number of amides is 1. The first-order valence-corrected chi connectivity index (χ1v) is 8.73. The largest absolute Gasteiger partial charge is 0.369 e. The van der Waals surface area contributed by atoms with Gasteiger partial charge in [-0.1, -0.05) is 30.3 Å². The van der Waals surface area contributed by atoms with Gasteiger partial charge in [0.05, 0.1) is 0 Å². The summed E-state index contributed by atoms with van der Waals surface area (Å²) < 4.78 is 5.41. The van der Waals surface area contributed by atoms with Crippen LogP contribution in [0.15, 0.2) is 42.6 Å². The number of nitrogens with zero attached hydrogens (tertiary/aromatic N) is 4. The molecule has 1 fully saturated rings. The Bertz CT molecular complexity index is 700. The SMILES string of the molecule is CCO[C@@H](C)C(=O)N1CCN(c2ccnc(-c3ccccc3)n2)CC1. The number of benzene rings is 1. The lowest BCUT2D eigenvalue weighted by molar-refractivity contribution is -0.142. The molecule has 1 aromatic carbocycles. The highest BCUT2D eigenvalue weighted by Crippen LogP contribution is 2.19. The summed E-state index contributed by atoms with van der Waals surface area (Å²) >= 11 is 0. The fourth-order valence-corrected chi connectivity index (χ4v) is 2.99. The molecule has 0 saturated carbocycles. The van der Waals surface area contributed by atoms with E-state index in [0.29, 0.717) is 19.7 Å². The van der Waals surface area contributed by atoms with Gasteiger partial charge in [0.2, 0.25) is 0 Å². The predicted octanol–water partition coefficient (Wildman–Crippen LogP) is 2.22. The number of hydrogen-bond acceptors (Lipinski definition) is 5. The number of ether oxygens (including phenoxy) is 1. The quantitative estimate of drug-likeness (QED) is 0.835. The topological polar surface area (TPSA) is 58.6 Å². The zero-order chi connectivity index (χ0) is 17.6. The fraction of sp³-hybridized carbons (Fsp3) is 0.421. The molecule has 132 valence electrons. The number of carbonyl (C=O) groups excluding carboxylic acids is 1. The van der Waals surface area contributed by atoms with Crippen molar-refractivity contribution in [1.82, 2.24) is 14.9 Å². The Kier molecular flexibility index (Phi) is 5.60. The van der Waals surface area contributed by atoms with E-state index in [1.807, 2.05) is 55.1 Å². The van der Waals surface area contributed by atoms with Crippen LogP contribution in [0.2, 0.25) is 0 Å². The Labute approximate surface area is 148 Å². The van der Waals surface area contributed by atoms with Crippen molar-refractivity contribution in [1.29, 1.82) is 0 Å². The Morgan fingerprint density at radius 1 is 1.16 bits per heavy atom. The van der Waals surface area contributed by atoms with Gasteiger partial charge >= 0.3 is 0 Å². The van der Waals surface area contributed by atoms with Gasteiger partial charge in [0, 0.05) is 44.5 Å². The number of anilines is 1. The summed E-state index contributed by atoms with van der Waals surface area (Å²) in [5, 5.41) is 0. The van der Waals surface area contributed by atoms with Crippen molar-refractivity contribution in [2.24, 2.45) is 0 Å². The summed E-state index contributed by atoms with van der Waals surface area (Å²) in [6, 6.07) is 11.9. The standard InChI is InChI=1S/C19H24N4O2/c1-3-25-15(2)19(24)23-13-11-22(12-14-23)17-9-10-20-18(21-17)16-7-5-4-6-8-16/h4-10,15H,3,11-14H2,1-2H3/t15-/m0/s1. The zero-order valence-corrected chi connectivity index (χ0v) is 14.8. The average molecular weight is 340 g/mol. The third kappa shape index (κ3) is 4.14. The molecule has 0 bridgehead atoms. The third-order valence-electron chi connectivity index (χ3n) is 4.35. The van der Waals surface area contributed by atoms with Crippen LogP contribution in [0.5, 0.6) is 0 Å². The predicted molar refractivity (Wildman–Crippen MR) is 97.3 cm³/mol. The van der Waals surface area contributed by atoms with Crippen LogP contribution < -0.4 is 4.90 Å². The van der Waals surface area contributed by atoms with Crippen LogP contribution in [-0.4, -0.2) is 59.7 Å². The van der Waals surface area contributed by atoms with Crippen molar-refractivity contribution in [2.75, 3.05) is 37.7 Å². The van der Waals surface area contributed by atoms with E-state index >= 15 is 0 Å². The van der Waals surface area contributed by atoms with Crippen molar-refractivity contribution in [2.45, 2.75) is 20.0 Å². The van der Waals surface area contributed by atoms with Crippen LogP contribution in [0.25, 0.3) is 11.4 Å². The normalized spacial score (nSPS) is 15.9. The van der Waals surface area contributed by atoms with E-state index in [4.69, 9.17) is 4.74 Å². The highest BCUT2D eigenvalue weighted by Gasteiger charge is 2.25. The molecule has 6 heteroatoms. The molecular formula is C19H24N4O2. The second-order valence-corrected chi connectivity index (χ2v) is 6.01. The molecule has 0 radical (unpaired) electrons. The summed E-state index contributed by atoms with van der Waals surface area (Å²) in [5.74, 6) is 1.69. The molecule has 6 nitrogen and oxygen atoms in total. The molecule has 25 heavy (non-hydrogen) atoms. The number of carbonyl (C=O) groups is 1. The van der Waals surface area contributed by atoms with Crippen LogP contribution in [0.3, 0.4) is 0 Å². The number of aromatic nitrogens is 2. The van der Waals surface area contributed by atoms with Gasteiger partial charge in [-0.15, -0.1) is 0 Å². The van der Waals surface area contributed by atoms with E-state index in [2.05, 4.69) is 14.9 Å². The van der Waals surface area contributed by atoms with Gasteiger partial charge in [0.25, 0.3) is 5.91 Å². The fourth-order valence-electron chi connectivity index (χ4n) is 2.99. The first-order valence-electron chi connectivity index (χ1n) is 8.73. The molecule has 0 N–H and O–H groups in total. The van der Waals surface area contributed by atoms with Crippen molar-refractivity contribution in [3.63, 3.8) is 0 Å². The lowest BCUT2D eigenvalue weighted by Crippen LogP contribution is -2.51. The van der Waals surface area contributed by atoms with Gasteiger partial charge in [0.15, 0.2) is 5.82 Å². The van der Waals surface area contributed by atoms with E-state index in [9.17, 15) is 4.79 Å². The third-order valence-corrected chi connectivity index (χ3v) is 4.35. The van der Waals surface area contributed by atoms with Gasteiger partial charge < -0.3 is 14.5 Å². The van der Waals surface area contributed by atoms with Gasteiger partial charge in [-0.3, -0.25) is 4.79 Å². The summed E-state index contributed by atoms with van der Waals surface area (Å²) in [7, 11) is 0. The monoisotopic (exact) mass is 340 g/mol. The summed E-state index contributed by atoms with van der Waals surface area (Å²) in [4.78, 5) is 25.5. The maximum Gasteiger partial charge on any atom is 0.251 e. The summed E-state index contributed by atoms with van der Waals surface area (Å²) in [5.41, 5.74) is 1.00. The molecule has 0 spiro atoms. The number of piperazine rings is 1. The molecule has 0 aliphatic carbocycles. The molecule has 2 aromatic rings. The first kappa shape index (κ1) is 17.4. The van der Waals surface area contributed by atoms with Gasteiger partial charge in [0.1, 0.15) is 11.9 Å². The van der Waals surface area contributed by atoms with E-state index in [-0.39, 0.29) is 12.0 Å². The highest BCUT2D eigenvalue weighted by molar-refractivity contribution is 5.80. The van der Waals surface area contributed by atoms with E-state index in [1.54, 1.807) is 6.20 Å². The van der Waals surface area contributed by atoms with Crippen molar-refractivity contribution in [3.05, 3.63) is 42.6 Å². The van der Waals surface area contributed by atoms with E-state index in [1.165, 1.54) is 0 Å². The lowest BCUT2D eigenvalue weighted by Gasteiger charge is -2.36. The zero-order valence-electron chi connectivity index (χ0n) is 14.8. The van der Waals surface area contributed by atoms with Gasteiger partial charge in [-0.2, -0.15) is 0 Å². The van der Waals surface area contributed by atoms with Crippen LogP contribution in [0.1, 0.15) is 13.8 Å². The average Bonchev–Trinajstić information content (AvgIpc) is 2.68. The van der Waals surface area contributed by atoms with Crippen LogP contribution >= 0.6 is 0 Å². The molecule has 2 heterocycles. The number of hydrogen-bond donors (Lipinski definition) is 0. The molecule has 1 atom stereocenters. The molecule has 3 rings (SSSR count). The molecular weight excluding hydrogens is 316 g/mol. The van der Waals surface area contributed by atoms with Crippen LogP contribution in [-0.2, 0) is 9.53 Å². The molecule has 1 aliphatic rings. The number of rotatable bonds is 5. The molecule has 1 aliphatic heterocycles. The maximum atomic E-state index is 12.3. The van der Waals surface area contributed by atoms with Crippen LogP contribution in [0, 0.1) is 0 Å². The summed E-state index contributed by atoms with van der Waals surface area (Å²) in [6.07, 6.45) is 1.42. The van der Waals surface area contributed by atoms with Gasteiger partial charge in [-0.25, -0.2) is 9.97 Å². The Balaban J connectivity index is 1.64. The molecule has 1 aromatic heterocycles. The van der Waals surface area contributed by atoms with Crippen molar-refractivity contribution in [3.8, 4) is 11.4 Å². The Morgan fingerprint density at radius 3 is 2.56 bits per heavy atom. The second kappa shape index (κ2) is 8.07. The lowest BCUT2D eigenvalue weighted by atomic mass is 10.2. The minimum Gasteiger partial charge on any atom is -0.369 e. The first-order chi connectivity index (χ1) is 12.2. The second-order valence-electron chi connectivity index (χ2n) is 6.01. The molecule has 0 unspecified atom stereocenters. The maximum absolute atomic E-state index is 12.3. The Morgan fingerprint density at radius 2 is 1.88 bits per heavy atom. The van der Waals surface area contributed by atoms with Crippen molar-refractivity contribution >= 4 is 11.7 Å².